The molecule has 1 amide bonds. The maximum atomic E-state index is 12.2. The van der Waals surface area contributed by atoms with Gasteiger partial charge in [0.25, 0.3) is 5.91 Å². The zero-order valence-corrected chi connectivity index (χ0v) is 19.6. The van der Waals surface area contributed by atoms with Crippen LogP contribution in [0, 0.1) is 10.5 Å². The fourth-order valence-electron chi connectivity index (χ4n) is 2.85. The van der Waals surface area contributed by atoms with Gasteiger partial charge in [0, 0.05) is 22.9 Å². The van der Waals surface area contributed by atoms with Gasteiger partial charge in [0.05, 0.1) is 10.7 Å². The number of hydrogen-bond acceptors (Lipinski definition) is 4. The van der Waals surface area contributed by atoms with Gasteiger partial charge in [-0.25, -0.2) is 0 Å². The Morgan fingerprint density at radius 2 is 1.87 bits per heavy atom. The third kappa shape index (κ3) is 6.03. The van der Waals surface area contributed by atoms with Crippen LogP contribution in [-0.4, -0.2) is 19.6 Å². The number of rotatable bonds is 8. The van der Waals surface area contributed by atoms with Gasteiger partial charge in [-0.2, -0.15) is 0 Å². The molecule has 0 aliphatic carbocycles. The summed E-state index contributed by atoms with van der Waals surface area (Å²) < 4.78 is 12.1. The lowest BCUT2D eigenvalue weighted by Crippen LogP contribution is -2.20. The number of carbonyl (C=O) groups excluding carboxylic acids is 1. The van der Waals surface area contributed by atoms with Crippen molar-refractivity contribution >= 4 is 51.5 Å². The van der Waals surface area contributed by atoms with Gasteiger partial charge < -0.3 is 20.1 Å². The van der Waals surface area contributed by atoms with E-state index in [-0.39, 0.29) is 12.5 Å². The minimum Gasteiger partial charge on any atom is -0.493 e. The summed E-state index contributed by atoms with van der Waals surface area (Å²) in [6, 6.07) is 18.9. The Morgan fingerprint density at radius 1 is 1.10 bits per heavy atom. The molecule has 0 aliphatic heterocycles. The van der Waals surface area contributed by atoms with Crippen molar-refractivity contribution in [3.63, 3.8) is 0 Å². The van der Waals surface area contributed by atoms with Crippen molar-refractivity contribution in [2.75, 3.05) is 24.4 Å². The lowest BCUT2D eigenvalue weighted by molar-refractivity contribution is -0.118. The molecule has 0 heterocycles. The van der Waals surface area contributed by atoms with Crippen LogP contribution in [0.5, 0.6) is 11.5 Å². The van der Waals surface area contributed by atoms with E-state index in [0.717, 1.165) is 26.1 Å². The van der Waals surface area contributed by atoms with E-state index in [1.165, 1.54) is 0 Å². The average Bonchev–Trinajstić information content (AvgIpc) is 2.74. The first-order valence-electron chi connectivity index (χ1n) is 9.30. The maximum Gasteiger partial charge on any atom is 0.262 e. The van der Waals surface area contributed by atoms with Crippen molar-refractivity contribution in [3.8, 4) is 11.5 Å². The molecule has 0 fully saturated rings. The highest BCUT2D eigenvalue weighted by Gasteiger charge is 2.14. The molecule has 30 heavy (non-hydrogen) atoms. The van der Waals surface area contributed by atoms with Crippen LogP contribution in [0.25, 0.3) is 0 Å². The standard InChI is InChI=1S/C23H22ClIN2O3/c1-15-8-9-17(24)12-20(15)26-13-16-10-19(25)23(21(11-16)29-2)30-14-22(28)27-18-6-4-3-5-7-18/h3-12,26H,13-14H2,1-2H3,(H,27,28). The number of benzene rings is 3. The summed E-state index contributed by atoms with van der Waals surface area (Å²) >= 11 is 8.28. The summed E-state index contributed by atoms with van der Waals surface area (Å²) in [6.45, 7) is 2.52. The van der Waals surface area contributed by atoms with Gasteiger partial charge in [0.15, 0.2) is 18.1 Å². The van der Waals surface area contributed by atoms with Crippen molar-refractivity contribution < 1.29 is 14.3 Å². The van der Waals surface area contributed by atoms with E-state index in [2.05, 4.69) is 33.2 Å². The highest BCUT2D eigenvalue weighted by Crippen LogP contribution is 2.34. The second kappa shape index (κ2) is 10.5. The van der Waals surface area contributed by atoms with Crippen LogP contribution in [0.2, 0.25) is 5.02 Å². The Morgan fingerprint density at radius 3 is 2.60 bits per heavy atom. The fraction of sp³-hybridized carbons (Fsp3) is 0.174. The Labute approximate surface area is 194 Å². The summed E-state index contributed by atoms with van der Waals surface area (Å²) in [6.07, 6.45) is 0. The zero-order chi connectivity index (χ0) is 21.5. The molecule has 3 rings (SSSR count). The Hall–Kier alpha value is -2.45. The van der Waals surface area contributed by atoms with E-state index in [4.69, 9.17) is 21.1 Å². The first kappa shape index (κ1) is 22.2. The highest BCUT2D eigenvalue weighted by atomic mass is 127. The van der Waals surface area contributed by atoms with Gasteiger partial charge in [-0.15, -0.1) is 0 Å². The number of anilines is 2. The summed E-state index contributed by atoms with van der Waals surface area (Å²) in [5, 5.41) is 6.89. The molecule has 3 aromatic rings. The smallest absolute Gasteiger partial charge is 0.262 e. The zero-order valence-electron chi connectivity index (χ0n) is 16.7. The van der Waals surface area contributed by atoms with Crippen molar-refractivity contribution in [2.45, 2.75) is 13.5 Å². The minimum absolute atomic E-state index is 0.111. The molecule has 0 radical (unpaired) electrons. The lowest BCUT2D eigenvalue weighted by Gasteiger charge is -2.16. The number of carbonyl (C=O) groups is 1. The van der Waals surface area contributed by atoms with Crippen molar-refractivity contribution in [2.24, 2.45) is 0 Å². The maximum absolute atomic E-state index is 12.2. The quantitative estimate of drug-likeness (QED) is 0.353. The number of amides is 1. The molecule has 0 saturated carbocycles. The largest absolute Gasteiger partial charge is 0.493 e. The second-order valence-corrected chi connectivity index (χ2v) is 8.22. The van der Waals surface area contributed by atoms with Crippen molar-refractivity contribution in [1.82, 2.24) is 0 Å². The first-order valence-corrected chi connectivity index (χ1v) is 10.8. The van der Waals surface area contributed by atoms with Crippen LogP contribution in [0.4, 0.5) is 11.4 Å². The molecule has 0 unspecified atom stereocenters. The molecular weight excluding hydrogens is 515 g/mol. The Kier molecular flexibility index (Phi) is 7.81. The van der Waals surface area contributed by atoms with E-state index in [0.29, 0.717) is 23.1 Å². The van der Waals surface area contributed by atoms with Crippen molar-refractivity contribution in [3.05, 3.63) is 80.4 Å². The van der Waals surface area contributed by atoms with E-state index in [9.17, 15) is 4.79 Å². The molecule has 2 N–H and O–H groups in total. The molecule has 0 bridgehead atoms. The van der Waals surface area contributed by atoms with Crippen LogP contribution in [0.1, 0.15) is 11.1 Å². The predicted octanol–water partition coefficient (Wildman–Crippen LogP) is 5.89. The van der Waals surface area contributed by atoms with Crippen LogP contribution < -0.4 is 20.1 Å². The minimum atomic E-state index is -0.235. The summed E-state index contributed by atoms with van der Waals surface area (Å²) in [4.78, 5) is 12.2. The van der Waals surface area contributed by atoms with Gasteiger partial charge in [0.1, 0.15) is 0 Å². The molecule has 0 aliphatic rings. The fourth-order valence-corrected chi connectivity index (χ4v) is 3.85. The van der Waals surface area contributed by atoms with Crippen LogP contribution in [-0.2, 0) is 11.3 Å². The van der Waals surface area contributed by atoms with Crippen LogP contribution >= 0.6 is 34.2 Å². The number of methoxy groups -OCH3 is 1. The highest BCUT2D eigenvalue weighted by molar-refractivity contribution is 14.1. The lowest BCUT2D eigenvalue weighted by atomic mass is 10.1. The molecule has 0 aromatic heterocycles. The number of nitrogens with one attached hydrogen (secondary N) is 2. The summed E-state index contributed by atoms with van der Waals surface area (Å²) in [7, 11) is 1.58. The third-order valence-corrected chi connectivity index (χ3v) is 5.41. The third-order valence-electron chi connectivity index (χ3n) is 4.38. The van der Waals surface area contributed by atoms with Gasteiger partial charge in [-0.1, -0.05) is 35.9 Å². The van der Waals surface area contributed by atoms with E-state index >= 15 is 0 Å². The monoisotopic (exact) mass is 536 g/mol. The number of ether oxygens (including phenoxy) is 2. The molecule has 0 atom stereocenters. The number of para-hydroxylation sites is 1. The molecular formula is C23H22ClIN2O3. The van der Waals surface area contributed by atoms with E-state index in [1.54, 1.807) is 7.11 Å². The normalized spacial score (nSPS) is 10.4. The second-order valence-electron chi connectivity index (χ2n) is 6.62. The van der Waals surface area contributed by atoms with Crippen LogP contribution in [0.15, 0.2) is 60.7 Å². The SMILES string of the molecule is COc1cc(CNc2cc(Cl)ccc2C)cc(I)c1OCC(=O)Nc1ccccc1. The number of aryl methyl sites for hydroxylation is 1. The predicted molar refractivity (Wildman–Crippen MR) is 130 cm³/mol. The molecule has 3 aromatic carbocycles. The summed E-state index contributed by atoms with van der Waals surface area (Å²) in [5.74, 6) is 0.888. The van der Waals surface area contributed by atoms with E-state index in [1.807, 2.05) is 67.6 Å². The molecule has 7 heteroatoms. The topological polar surface area (TPSA) is 59.6 Å². The molecule has 5 nitrogen and oxygen atoms in total. The van der Waals surface area contributed by atoms with Crippen molar-refractivity contribution in [1.29, 1.82) is 0 Å². The molecule has 0 saturated heterocycles. The van der Waals surface area contributed by atoms with E-state index < -0.39 is 0 Å². The van der Waals surface area contributed by atoms with Gasteiger partial charge in [0.2, 0.25) is 0 Å². The Bertz CT molecular complexity index is 1030. The van der Waals surface area contributed by atoms with Crippen LogP contribution in [0.3, 0.4) is 0 Å². The van der Waals surface area contributed by atoms with Gasteiger partial charge in [-0.05, 0) is 77.0 Å². The van der Waals surface area contributed by atoms with Gasteiger partial charge in [-0.3, -0.25) is 4.79 Å². The molecule has 156 valence electrons. The molecule has 0 spiro atoms. The number of halogens is 2. The van der Waals surface area contributed by atoms with Gasteiger partial charge >= 0.3 is 0 Å². The first-order chi connectivity index (χ1) is 14.5. The number of hydrogen-bond donors (Lipinski definition) is 2. The summed E-state index contributed by atoms with van der Waals surface area (Å²) in [5.41, 5.74) is 3.85. The average molecular weight is 537 g/mol. The Balaban J connectivity index is 1.66.